The molecule has 1 amide bonds. The number of aliphatic hydroxyl groups is 1. The van der Waals surface area contributed by atoms with Crippen LogP contribution in [0.3, 0.4) is 0 Å². The van der Waals surface area contributed by atoms with Crippen molar-refractivity contribution < 1.29 is 19.4 Å². The van der Waals surface area contributed by atoms with Crippen molar-refractivity contribution in [1.82, 2.24) is 10.2 Å². The van der Waals surface area contributed by atoms with Gasteiger partial charge >= 0.3 is 5.97 Å². The summed E-state index contributed by atoms with van der Waals surface area (Å²) in [5.41, 5.74) is -0.694. The van der Waals surface area contributed by atoms with Gasteiger partial charge in [-0.25, -0.2) is 4.79 Å². The largest absolute Gasteiger partial charge is 0.467 e. The van der Waals surface area contributed by atoms with Crippen molar-refractivity contribution in [1.29, 1.82) is 0 Å². The molecule has 0 aliphatic carbocycles. The highest BCUT2D eigenvalue weighted by Gasteiger charge is 2.37. The van der Waals surface area contributed by atoms with Crippen LogP contribution in [-0.4, -0.2) is 60.3 Å². The first-order valence-electron chi connectivity index (χ1n) is 6.55. The molecule has 1 aliphatic heterocycles. The van der Waals surface area contributed by atoms with E-state index in [1.54, 1.807) is 6.92 Å². The molecule has 6 nitrogen and oxygen atoms in total. The molecule has 110 valence electrons. The van der Waals surface area contributed by atoms with E-state index in [2.05, 4.69) is 10.1 Å². The molecule has 1 atom stereocenters. The maximum absolute atomic E-state index is 11.8. The van der Waals surface area contributed by atoms with E-state index in [9.17, 15) is 14.7 Å². The molecular formula is C13H24N2O4. The molecule has 1 saturated heterocycles. The van der Waals surface area contributed by atoms with Crippen molar-refractivity contribution >= 4 is 11.9 Å². The summed E-state index contributed by atoms with van der Waals surface area (Å²) < 4.78 is 4.69. The third-order valence-corrected chi connectivity index (χ3v) is 3.02. The fourth-order valence-corrected chi connectivity index (χ4v) is 2.30. The summed E-state index contributed by atoms with van der Waals surface area (Å²) in [7, 11) is 1.31. The zero-order valence-electron chi connectivity index (χ0n) is 12.1. The number of carbonyl (C=O) groups excluding carboxylic acids is 2. The van der Waals surface area contributed by atoms with Gasteiger partial charge in [0.2, 0.25) is 5.91 Å². The van der Waals surface area contributed by atoms with Crippen molar-refractivity contribution in [2.45, 2.75) is 38.8 Å². The minimum Gasteiger partial charge on any atom is -0.467 e. The van der Waals surface area contributed by atoms with Gasteiger partial charge < -0.3 is 15.2 Å². The fourth-order valence-electron chi connectivity index (χ4n) is 2.30. The Balaban J connectivity index is 2.41. The van der Waals surface area contributed by atoms with E-state index in [0.717, 1.165) is 0 Å². The monoisotopic (exact) mass is 272 g/mol. The number of methoxy groups -OCH3 is 1. The highest BCUT2D eigenvalue weighted by Crippen LogP contribution is 2.18. The van der Waals surface area contributed by atoms with E-state index < -0.39 is 17.6 Å². The topological polar surface area (TPSA) is 78.9 Å². The van der Waals surface area contributed by atoms with Gasteiger partial charge in [0.15, 0.2) is 0 Å². The second-order valence-electron chi connectivity index (χ2n) is 5.91. The van der Waals surface area contributed by atoms with Crippen molar-refractivity contribution in [3.05, 3.63) is 0 Å². The first-order valence-corrected chi connectivity index (χ1v) is 6.55. The Morgan fingerprint density at radius 2 is 2.00 bits per heavy atom. The van der Waals surface area contributed by atoms with Crippen LogP contribution in [0.5, 0.6) is 0 Å². The van der Waals surface area contributed by atoms with Crippen LogP contribution in [0, 0.1) is 5.92 Å². The van der Waals surface area contributed by atoms with Gasteiger partial charge in [-0.2, -0.15) is 0 Å². The molecular weight excluding hydrogens is 248 g/mol. The van der Waals surface area contributed by atoms with Gasteiger partial charge in [-0.15, -0.1) is 0 Å². The number of nitrogens with one attached hydrogen (secondary N) is 1. The van der Waals surface area contributed by atoms with Crippen molar-refractivity contribution in [2.75, 3.05) is 26.7 Å². The molecule has 0 radical (unpaired) electrons. The Kier molecular flexibility index (Phi) is 5.31. The van der Waals surface area contributed by atoms with E-state index in [4.69, 9.17) is 0 Å². The number of carbonyl (C=O) groups is 2. The van der Waals surface area contributed by atoms with Crippen LogP contribution in [0.25, 0.3) is 0 Å². The van der Waals surface area contributed by atoms with Crippen molar-refractivity contribution in [3.63, 3.8) is 0 Å². The minimum atomic E-state index is -0.694. The number of amides is 1. The van der Waals surface area contributed by atoms with Gasteiger partial charge in [0, 0.05) is 13.1 Å². The average molecular weight is 272 g/mol. The van der Waals surface area contributed by atoms with Crippen LogP contribution < -0.4 is 5.32 Å². The number of esters is 1. The van der Waals surface area contributed by atoms with E-state index in [1.807, 2.05) is 18.7 Å². The smallest absolute Gasteiger partial charge is 0.328 e. The molecule has 19 heavy (non-hydrogen) atoms. The van der Waals surface area contributed by atoms with Gasteiger partial charge in [0.25, 0.3) is 0 Å². The summed E-state index contributed by atoms with van der Waals surface area (Å²) in [6.45, 7) is 6.85. The van der Waals surface area contributed by atoms with Crippen molar-refractivity contribution in [2.24, 2.45) is 5.92 Å². The molecule has 0 aromatic heterocycles. The molecule has 6 heteroatoms. The van der Waals surface area contributed by atoms with Crippen molar-refractivity contribution in [3.8, 4) is 0 Å². The number of nitrogens with zero attached hydrogens (tertiary/aromatic N) is 1. The average Bonchev–Trinajstić information content (AvgIpc) is 2.23. The number of likely N-dealkylation sites (tertiary alicyclic amines) is 1. The normalized spacial score (nSPS) is 19.7. The molecule has 0 spiro atoms. The lowest BCUT2D eigenvalue weighted by atomic mass is 9.97. The minimum absolute atomic E-state index is 0.196. The molecule has 1 heterocycles. The lowest BCUT2D eigenvalue weighted by Gasteiger charge is -2.43. The Morgan fingerprint density at radius 1 is 1.42 bits per heavy atom. The lowest BCUT2D eigenvalue weighted by Crippen LogP contribution is -2.62. The summed E-state index contributed by atoms with van der Waals surface area (Å²) >= 11 is 0. The highest BCUT2D eigenvalue weighted by molar-refractivity contribution is 5.85. The second kappa shape index (κ2) is 6.34. The summed E-state index contributed by atoms with van der Waals surface area (Å²) in [6, 6.07) is -0.598. The van der Waals surface area contributed by atoms with E-state index in [0.29, 0.717) is 19.5 Å². The zero-order valence-corrected chi connectivity index (χ0v) is 12.1. The fraction of sp³-hybridized carbons (Fsp3) is 0.846. The number of β-amino-alcohol motifs (C(OH)–C–C–N with tert-alkyl or cyclic N) is 1. The molecule has 1 unspecified atom stereocenters. The standard InChI is InChI=1S/C13H24N2O4/c1-9(2)5-10(12(17)19-4)14-11(16)6-15-7-13(3,18)8-15/h9-10,18H,5-8H2,1-4H3,(H,14,16). The Morgan fingerprint density at radius 3 is 2.42 bits per heavy atom. The predicted molar refractivity (Wildman–Crippen MR) is 70.5 cm³/mol. The highest BCUT2D eigenvalue weighted by atomic mass is 16.5. The Labute approximate surface area is 114 Å². The first kappa shape index (κ1) is 15.9. The third kappa shape index (κ3) is 5.16. The molecule has 1 fully saturated rings. The van der Waals surface area contributed by atoms with Crippen LogP contribution in [0.4, 0.5) is 0 Å². The SMILES string of the molecule is COC(=O)C(CC(C)C)NC(=O)CN1CC(C)(O)C1. The second-order valence-corrected chi connectivity index (χ2v) is 5.91. The molecule has 1 aliphatic rings. The maximum Gasteiger partial charge on any atom is 0.328 e. The summed E-state index contributed by atoms with van der Waals surface area (Å²) in [4.78, 5) is 25.2. The Hall–Kier alpha value is -1.14. The quantitative estimate of drug-likeness (QED) is 0.652. The van der Waals surface area contributed by atoms with Crippen LogP contribution in [0.1, 0.15) is 27.2 Å². The maximum atomic E-state index is 11.8. The van der Waals surface area contributed by atoms with Crippen LogP contribution in [0.15, 0.2) is 0 Å². The summed E-state index contributed by atoms with van der Waals surface area (Å²) in [6.07, 6.45) is 0.552. The van der Waals surface area contributed by atoms with Crippen LogP contribution in [-0.2, 0) is 14.3 Å². The Bertz CT molecular complexity index is 334. The van der Waals surface area contributed by atoms with E-state index in [-0.39, 0.29) is 18.4 Å². The van der Waals surface area contributed by atoms with Gasteiger partial charge in [0.1, 0.15) is 6.04 Å². The molecule has 1 rings (SSSR count). The van der Waals surface area contributed by atoms with Gasteiger partial charge in [-0.3, -0.25) is 9.69 Å². The first-order chi connectivity index (χ1) is 8.73. The summed E-state index contributed by atoms with van der Waals surface area (Å²) in [5.74, 6) is -0.349. The van der Waals surface area contributed by atoms with E-state index in [1.165, 1.54) is 7.11 Å². The van der Waals surface area contributed by atoms with Gasteiger partial charge in [-0.05, 0) is 19.3 Å². The van der Waals surface area contributed by atoms with Crippen LogP contribution >= 0.6 is 0 Å². The molecule has 2 N–H and O–H groups in total. The number of hydrogen-bond acceptors (Lipinski definition) is 5. The van der Waals surface area contributed by atoms with Crippen LogP contribution in [0.2, 0.25) is 0 Å². The summed E-state index contributed by atoms with van der Waals surface area (Å²) in [5, 5.41) is 12.3. The number of rotatable bonds is 6. The number of ether oxygens (including phenoxy) is 1. The molecule has 0 bridgehead atoms. The van der Waals surface area contributed by atoms with Gasteiger partial charge in [0.05, 0.1) is 19.3 Å². The lowest BCUT2D eigenvalue weighted by molar-refractivity contribution is -0.146. The molecule has 0 saturated carbocycles. The zero-order chi connectivity index (χ0) is 14.6. The van der Waals surface area contributed by atoms with Gasteiger partial charge in [-0.1, -0.05) is 13.8 Å². The molecule has 0 aromatic carbocycles. The molecule has 0 aromatic rings. The number of hydrogen-bond donors (Lipinski definition) is 2. The van der Waals surface area contributed by atoms with E-state index >= 15 is 0 Å². The third-order valence-electron chi connectivity index (χ3n) is 3.02. The predicted octanol–water partition coefficient (Wildman–Crippen LogP) is -0.243.